The van der Waals surface area contributed by atoms with Crippen LogP contribution in [0.4, 0.5) is 0 Å². The molecule has 0 saturated heterocycles. The van der Waals surface area contributed by atoms with Gasteiger partial charge in [-0.25, -0.2) is 0 Å². The van der Waals surface area contributed by atoms with Crippen molar-refractivity contribution in [1.82, 2.24) is 5.32 Å². The summed E-state index contributed by atoms with van der Waals surface area (Å²) in [6.07, 6.45) is 9.11. The fourth-order valence-electron chi connectivity index (χ4n) is 3.04. The van der Waals surface area contributed by atoms with Crippen molar-refractivity contribution in [3.8, 4) is 0 Å². The molecule has 1 rings (SSSR count). The van der Waals surface area contributed by atoms with Gasteiger partial charge in [0.05, 0.1) is 0 Å². The number of aliphatic imine (C=N–C) groups is 1. The number of nitrogens with one attached hydrogen (secondary N) is 1. The zero-order valence-corrected chi connectivity index (χ0v) is 19.2. The minimum Gasteiger partial charge on any atom is -0.313 e. The Hall–Kier alpha value is -1.78. The zero-order chi connectivity index (χ0) is 20.9. The van der Waals surface area contributed by atoms with Crippen LogP contribution in [0.3, 0.4) is 0 Å². The topological polar surface area (TPSA) is 41.5 Å². The van der Waals surface area contributed by atoms with E-state index in [-0.39, 0.29) is 5.78 Å². The summed E-state index contributed by atoms with van der Waals surface area (Å²) in [5.41, 5.74) is 4.28. The van der Waals surface area contributed by atoms with E-state index in [0.29, 0.717) is 5.92 Å². The van der Waals surface area contributed by atoms with E-state index in [1.807, 2.05) is 18.2 Å². The minimum absolute atomic E-state index is 0.118. The maximum absolute atomic E-state index is 11.5. The average Bonchev–Trinajstić information content (AvgIpc) is 2.68. The van der Waals surface area contributed by atoms with E-state index >= 15 is 0 Å². The summed E-state index contributed by atoms with van der Waals surface area (Å²) in [4.78, 5) is 15.4. The lowest BCUT2D eigenvalue weighted by Crippen LogP contribution is -2.19. The molecule has 0 aromatic heterocycles. The van der Waals surface area contributed by atoms with Crippen molar-refractivity contribution in [3.05, 3.63) is 69.8 Å². The van der Waals surface area contributed by atoms with Gasteiger partial charge < -0.3 is 5.32 Å². The molecule has 1 aromatic rings. The van der Waals surface area contributed by atoms with Gasteiger partial charge in [-0.3, -0.25) is 9.79 Å². The van der Waals surface area contributed by atoms with Crippen LogP contribution in [0.15, 0.2) is 63.6 Å². The van der Waals surface area contributed by atoms with Crippen molar-refractivity contribution < 1.29 is 4.79 Å². The normalized spacial score (nSPS) is 13.8. The van der Waals surface area contributed by atoms with Crippen LogP contribution in [0.25, 0.3) is 0 Å². The molecule has 4 heteroatoms. The van der Waals surface area contributed by atoms with Crippen LogP contribution in [0.2, 0.25) is 0 Å². The molecule has 152 valence electrons. The molecule has 0 aliphatic rings. The predicted molar refractivity (Wildman–Crippen MR) is 126 cm³/mol. The molecular weight excluding hydrogens is 412 g/mol. The molecule has 0 bridgehead atoms. The number of hydrogen-bond donors (Lipinski definition) is 1. The molecule has 28 heavy (non-hydrogen) atoms. The molecular formula is C24H33BrN2O. The first kappa shape index (κ1) is 24.3. The summed E-state index contributed by atoms with van der Waals surface area (Å²) in [5.74, 6) is 0.635. The Morgan fingerprint density at radius 3 is 2.50 bits per heavy atom. The SMILES string of the molecule is C=C(/C=C(\C)CNCCC(CCC)c1ccc(C(C)=O)cc1)/C(Br)=C\C=NC. The molecule has 0 amide bonds. The lowest BCUT2D eigenvalue weighted by atomic mass is 9.90. The highest BCUT2D eigenvalue weighted by atomic mass is 79.9. The first-order chi connectivity index (χ1) is 13.4. The Bertz CT molecular complexity index is 729. The zero-order valence-electron chi connectivity index (χ0n) is 17.6. The minimum atomic E-state index is 0.118. The number of allylic oxidation sites excluding steroid dienone is 4. The summed E-state index contributed by atoms with van der Waals surface area (Å²) in [5, 5.41) is 3.54. The van der Waals surface area contributed by atoms with E-state index in [1.165, 1.54) is 11.1 Å². The number of Topliss-reactive ketones (excluding diaryl/α,β-unsaturated/α-hetero) is 1. The number of hydrogen-bond acceptors (Lipinski definition) is 3. The number of carbonyl (C=O) groups is 1. The number of halogens is 1. The highest BCUT2D eigenvalue weighted by Crippen LogP contribution is 2.25. The average molecular weight is 445 g/mol. The Labute approximate surface area is 178 Å². The van der Waals surface area contributed by atoms with Crippen LogP contribution >= 0.6 is 15.9 Å². The molecule has 0 spiro atoms. The molecule has 1 atom stereocenters. The Morgan fingerprint density at radius 2 is 1.93 bits per heavy atom. The van der Waals surface area contributed by atoms with Gasteiger partial charge in [0.15, 0.2) is 5.78 Å². The Kier molecular flexibility index (Phi) is 11.6. The van der Waals surface area contributed by atoms with E-state index in [0.717, 1.165) is 48.0 Å². The van der Waals surface area contributed by atoms with E-state index in [1.54, 1.807) is 20.2 Å². The van der Waals surface area contributed by atoms with Gasteiger partial charge in [-0.2, -0.15) is 0 Å². The predicted octanol–water partition coefficient (Wildman–Crippen LogP) is 6.23. The Morgan fingerprint density at radius 1 is 1.25 bits per heavy atom. The molecule has 0 saturated carbocycles. The second-order valence-electron chi connectivity index (χ2n) is 7.07. The highest BCUT2D eigenvalue weighted by molar-refractivity contribution is 9.12. The van der Waals surface area contributed by atoms with Gasteiger partial charge in [-0.05, 0) is 56.4 Å². The summed E-state index contributed by atoms with van der Waals surface area (Å²) in [7, 11) is 1.74. The van der Waals surface area contributed by atoms with Crippen LogP contribution < -0.4 is 5.32 Å². The van der Waals surface area contributed by atoms with Crippen molar-refractivity contribution >= 4 is 27.9 Å². The molecule has 0 aliphatic heterocycles. The lowest BCUT2D eigenvalue weighted by molar-refractivity contribution is 0.101. The molecule has 0 heterocycles. The third-order valence-corrected chi connectivity index (χ3v) is 5.37. The maximum atomic E-state index is 11.5. The quantitative estimate of drug-likeness (QED) is 0.179. The molecule has 0 radical (unpaired) electrons. The van der Waals surface area contributed by atoms with Crippen LogP contribution in [0.5, 0.6) is 0 Å². The summed E-state index contributed by atoms with van der Waals surface area (Å²) >= 11 is 3.51. The first-order valence-corrected chi connectivity index (χ1v) is 10.6. The fourth-order valence-corrected chi connectivity index (χ4v) is 3.28. The van der Waals surface area contributed by atoms with Gasteiger partial charge >= 0.3 is 0 Å². The number of benzene rings is 1. The molecule has 3 nitrogen and oxygen atoms in total. The van der Waals surface area contributed by atoms with E-state index in [9.17, 15) is 4.79 Å². The van der Waals surface area contributed by atoms with Gasteiger partial charge in [0.2, 0.25) is 0 Å². The Balaban J connectivity index is 2.55. The largest absolute Gasteiger partial charge is 0.313 e. The standard InChI is InChI=1S/C24H33BrN2O/c1-6-7-22(23-10-8-21(9-11-23)20(4)28)12-15-27-17-18(2)16-19(3)24(25)13-14-26-5/h8-11,13-14,16,22,27H,3,6-7,12,15,17H2,1-2,4-5H3/b18-16+,24-13+,26-14?. The molecule has 0 aliphatic carbocycles. The molecule has 1 aromatic carbocycles. The second kappa shape index (κ2) is 13.4. The van der Waals surface area contributed by atoms with E-state index in [4.69, 9.17) is 0 Å². The van der Waals surface area contributed by atoms with Crippen molar-refractivity contribution in [2.75, 3.05) is 20.1 Å². The summed E-state index contributed by atoms with van der Waals surface area (Å²) in [6.45, 7) is 11.8. The third-order valence-electron chi connectivity index (χ3n) is 4.60. The van der Waals surface area contributed by atoms with Crippen LogP contribution in [0, 0.1) is 0 Å². The maximum Gasteiger partial charge on any atom is 0.159 e. The van der Waals surface area contributed by atoms with E-state index < -0.39 is 0 Å². The van der Waals surface area contributed by atoms with Gasteiger partial charge in [0.25, 0.3) is 0 Å². The molecule has 0 fully saturated rings. The van der Waals surface area contributed by atoms with Crippen molar-refractivity contribution in [3.63, 3.8) is 0 Å². The monoisotopic (exact) mass is 444 g/mol. The number of ketones is 1. The fraction of sp³-hybridized carbons (Fsp3) is 0.417. The summed E-state index contributed by atoms with van der Waals surface area (Å²) in [6, 6.07) is 8.10. The van der Waals surface area contributed by atoms with Gasteiger partial charge in [-0.15, -0.1) is 0 Å². The first-order valence-electron chi connectivity index (χ1n) is 9.85. The van der Waals surface area contributed by atoms with Crippen LogP contribution in [-0.2, 0) is 0 Å². The van der Waals surface area contributed by atoms with Crippen molar-refractivity contribution in [2.24, 2.45) is 4.99 Å². The molecule has 1 N–H and O–H groups in total. The van der Waals surface area contributed by atoms with Crippen molar-refractivity contribution in [1.29, 1.82) is 0 Å². The van der Waals surface area contributed by atoms with Gasteiger partial charge in [0.1, 0.15) is 0 Å². The smallest absolute Gasteiger partial charge is 0.159 e. The third kappa shape index (κ3) is 8.94. The van der Waals surface area contributed by atoms with Gasteiger partial charge in [-0.1, -0.05) is 71.8 Å². The lowest BCUT2D eigenvalue weighted by Gasteiger charge is -2.17. The van der Waals surface area contributed by atoms with E-state index in [2.05, 4.69) is 64.9 Å². The van der Waals surface area contributed by atoms with Crippen LogP contribution in [-0.4, -0.2) is 32.1 Å². The molecule has 1 unspecified atom stereocenters. The van der Waals surface area contributed by atoms with Crippen molar-refractivity contribution in [2.45, 2.75) is 46.0 Å². The van der Waals surface area contributed by atoms with Crippen LogP contribution in [0.1, 0.15) is 61.9 Å². The summed E-state index contributed by atoms with van der Waals surface area (Å²) < 4.78 is 0.939. The number of carbonyl (C=O) groups excluding carboxylic acids is 1. The number of rotatable bonds is 12. The highest BCUT2D eigenvalue weighted by Gasteiger charge is 2.11. The second-order valence-corrected chi connectivity index (χ2v) is 7.92. The number of nitrogens with zero attached hydrogens (tertiary/aromatic N) is 1. The van der Waals surface area contributed by atoms with Gasteiger partial charge in [0, 0.05) is 29.9 Å².